The number of carbonyl (C=O) groups excluding carboxylic acids is 1. The number of rotatable bonds is 4. The van der Waals surface area contributed by atoms with Gasteiger partial charge in [-0.25, -0.2) is 4.39 Å². The molecule has 0 aliphatic carbocycles. The number of anilines is 1. The van der Waals surface area contributed by atoms with Crippen molar-refractivity contribution in [3.63, 3.8) is 0 Å². The van der Waals surface area contributed by atoms with Gasteiger partial charge in [-0.3, -0.25) is 14.6 Å². The average molecular weight is 299 g/mol. The maximum absolute atomic E-state index is 13.3. The molecule has 3 rings (SSSR count). The highest BCUT2D eigenvalue weighted by atomic mass is 19.1. The van der Waals surface area contributed by atoms with Crippen molar-refractivity contribution >= 4 is 11.7 Å². The van der Waals surface area contributed by atoms with Crippen molar-refractivity contribution < 1.29 is 9.18 Å². The van der Waals surface area contributed by atoms with Crippen LogP contribution in [0.3, 0.4) is 0 Å². The third-order valence-corrected chi connectivity index (χ3v) is 3.35. The summed E-state index contributed by atoms with van der Waals surface area (Å²) < 4.78 is 15.0. The van der Waals surface area contributed by atoms with Crippen LogP contribution in [0.25, 0.3) is 0 Å². The first-order valence-corrected chi connectivity index (χ1v) is 6.75. The number of halogens is 1. The van der Waals surface area contributed by atoms with Gasteiger partial charge in [-0.05, 0) is 12.5 Å². The van der Waals surface area contributed by atoms with Crippen LogP contribution in [-0.4, -0.2) is 25.9 Å². The second-order valence-electron chi connectivity index (χ2n) is 4.81. The molecule has 2 heterocycles. The maximum Gasteiger partial charge on any atom is 0.277 e. The fourth-order valence-electron chi connectivity index (χ4n) is 2.11. The van der Waals surface area contributed by atoms with E-state index in [0.29, 0.717) is 5.82 Å². The maximum atomic E-state index is 13.3. The molecule has 2 aromatic heterocycles. The number of nitrogens with zero attached hydrogens (tertiary/aromatic N) is 3. The van der Waals surface area contributed by atoms with Crippen molar-refractivity contribution in [3.8, 4) is 0 Å². The first-order valence-electron chi connectivity index (χ1n) is 6.75. The molecule has 0 bridgehead atoms. The van der Waals surface area contributed by atoms with E-state index in [1.165, 1.54) is 0 Å². The number of carbonyl (C=O) groups is 1. The van der Waals surface area contributed by atoms with Crippen molar-refractivity contribution in [2.24, 2.45) is 0 Å². The van der Waals surface area contributed by atoms with Gasteiger partial charge in [0.2, 0.25) is 0 Å². The SMILES string of the molecule is CC(c1ccccc1)n1ccc(NC(=O)c2[nH]ncc2F)n1. The monoisotopic (exact) mass is 299 g/mol. The Morgan fingerprint density at radius 2 is 2.09 bits per heavy atom. The first-order chi connectivity index (χ1) is 10.6. The fourth-order valence-corrected chi connectivity index (χ4v) is 2.11. The van der Waals surface area contributed by atoms with Gasteiger partial charge in [0.25, 0.3) is 5.91 Å². The van der Waals surface area contributed by atoms with Crippen LogP contribution in [0.1, 0.15) is 29.0 Å². The Kier molecular flexibility index (Phi) is 3.69. The summed E-state index contributed by atoms with van der Waals surface area (Å²) in [6.07, 6.45) is 2.71. The fraction of sp³-hybridized carbons (Fsp3) is 0.133. The molecule has 1 unspecified atom stereocenters. The van der Waals surface area contributed by atoms with Gasteiger partial charge in [0.15, 0.2) is 17.3 Å². The largest absolute Gasteiger partial charge is 0.304 e. The van der Waals surface area contributed by atoms with Gasteiger partial charge in [-0.15, -0.1) is 0 Å². The standard InChI is InChI=1S/C15H14FN5O/c1-10(11-5-3-2-4-6-11)21-8-7-13(20-21)18-15(22)14-12(16)9-17-19-14/h2-10H,1H3,(H,17,19)(H,18,20,22). The van der Waals surface area contributed by atoms with Gasteiger partial charge >= 0.3 is 0 Å². The Bertz CT molecular complexity index is 780. The molecule has 0 aliphatic rings. The summed E-state index contributed by atoms with van der Waals surface area (Å²) in [5.74, 6) is -0.969. The summed E-state index contributed by atoms with van der Waals surface area (Å²) in [4.78, 5) is 11.9. The number of H-pyrrole nitrogens is 1. The summed E-state index contributed by atoms with van der Waals surface area (Å²) >= 11 is 0. The molecule has 112 valence electrons. The van der Waals surface area contributed by atoms with Crippen molar-refractivity contribution in [3.05, 3.63) is 65.9 Å². The molecule has 3 aromatic rings. The number of benzene rings is 1. The third-order valence-electron chi connectivity index (χ3n) is 3.35. The van der Waals surface area contributed by atoms with E-state index >= 15 is 0 Å². The van der Waals surface area contributed by atoms with Crippen molar-refractivity contribution in [1.29, 1.82) is 0 Å². The molecule has 1 amide bonds. The van der Waals surface area contributed by atoms with Crippen LogP contribution in [0.15, 0.2) is 48.8 Å². The van der Waals surface area contributed by atoms with Gasteiger partial charge in [-0.2, -0.15) is 10.2 Å². The van der Waals surface area contributed by atoms with Gasteiger partial charge in [0.05, 0.1) is 12.2 Å². The number of nitrogens with one attached hydrogen (secondary N) is 2. The number of aromatic amines is 1. The average Bonchev–Trinajstić information content (AvgIpc) is 3.16. The molecule has 0 radical (unpaired) electrons. The molecule has 2 N–H and O–H groups in total. The molecular formula is C15H14FN5O. The summed E-state index contributed by atoms with van der Waals surface area (Å²) in [6, 6.07) is 11.6. The molecule has 6 nitrogen and oxygen atoms in total. The molecular weight excluding hydrogens is 285 g/mol. The van der Waals surface area contributed by atoms with Gasteiger partial charge in [0.1, 0.15) is 0 Å². The van der Waals surface area contributed by atoms with E-state index in [1.54, 1.807) is 16.9 Å². The molecule has 0 saturated carbocycles. The summed E-state index contributed by atoms with van der Waals surface area (Å²) in [5.41, 5.74) is 0.883. The quantitative estimate of drug-likeness (QED) is 0.777. The second kappa shape index (κ2) is 5.80. The number of hydrogen-bond acceptors (Lipinski definition) is 3. The summed E-state index contributed by atoms with van der Waals surface area (Å²) in [7, 11) is 0. The minimum Gasteiger partial charge on any atom is -0.304 e. The van der Waals surface area contributed by atoms with Crippen LogP contribution in [0, 0.1) is 5.82 Å². The Morgan fingerprint density at radius 1 is 1.32 bits per heavy atom. The van der Waals surface area contributed by atoms with E-state index < -0.39 is 11.7 Å². The van der Waals surface area contributed by atoms with Crippen molar-refractivity contribution in [2.45, 2.75) is 13.0 Å². The lowest BCUT2D eigenvalue weighted by Crippen LogP contribution is -2.15. The minimum atomic E-state index is -0.699. The molecule has 1 aromatic carbocycles. The van der Waals surface area contributed by atoms with E-state index in [-0.39, 0.29) is 11.7 Å². The van der Waals surface area contributed by atoms with Gasteiger partial charge < -0.3 is 5.32 Å². The molecule has 0 spiro atoms. The van der Waals surface area contributed by atoms with Gasteiger partial charge in [-0.1, -0.05) is 30.3 Å². The predicted molar refractivity (Wildman–Crippen MR) is 79.0 cm³/mol. The van der Waals surface area contributed by atoms with Crippen molar-refractivity contribution in [1.82, 2.24) is 20.0 Å². The minimum absolute atomic E-state index is 0.0238. The highest BCUT2D eigenvalue weighted by Crippen LogP contribution is 2.18. The highest BCUT2D eigenvalue weighted by Gasteiger charge is 2.16. The molecule has 0 saturated heterocycles. The Balaban J connectivity index is 1.74. The van der Waals surface area contributed by atoms with E-state index in [2.05, 4.69) is 20.6 Å². The van der Waals surface area contributed by atoms with E-state index in [4.69, 9.17) is 0 Å². The van der Waals surface area contributed by atoms with Crippen LogP contribution in [0.5, 0.6) is 0 Å². The summed E-state index contributed by atoms with van der Waals surface area (Å²) in [6.45, 7) is 2.00. The molecule has 7 heteroatoms. The van der Waals surface area contributed by atoms with Gasteiger partial charge in [0, 0.05) is 12.3 Å². The highest BCUT2D eigenvalue weighted by molar-refractivity contribution is 6.02. The van der Waals surface area contributed by atoms with Crippen LogP contribution < -0.4 is 5.32 Å². The van der Waals surface area contributed by atoms with Crippen LogP contribution in [0.4, 0.5) is 10.2 Å². The van der Waals surface area contributed by atoms with Crippen LogP contribution in [-0.2, 0) is 0 Å². The molecule has 0 fully saturated rings. The van der Waals surface area contributed by atoms with Crippen molar-refractivity contribution in [2.75, 3.05) is 5.32 Å². The van der Waals surface area contributed by atoms with E-state index in [0.717, 1.165) is 11.8 Å². The molecule has 22 heavy (non-hydrogen) atoms. The molecule has 1 atom stereocenters. The lowest BCUT2D eigenvalue weighted by atomic mass is 10.1. The van der Waals surface area contributed by atoms with E-state index in [9.17, 15) is 9.18 Å². The Labute approximate surface area is 126 Å². The molecule has 0 aliphatic heterocycles. The lowest BCUT2D eigenvalue weighted by Gasteiger charge is -2.12. The predicted octanol–water partition coefficient (Wildman–Crippen LogP) is 2.61. The lowest BCUT2D eigenvalue weighted by molar-refractivity contribution is 0.101. The summed E-state index contributed by atoms with van der Waals surface area (Å²) in [5, 5.41) is 12.6. The smallest absolute Gasteiger partial charge is 0.277 e. The van der Waals surface area contributed by atoms with Crippen LogP contribution in [0.2, 0.25) is 0 Å². The zero-order valence-electron chi connectivity index (χ0n) is 11.8. The number of hydrogen-bond donors (Lipinski definition) is 2. The second-order valence-corrected chi connectivity index (χ2v) is 4.81. The Hall–Kier alpha value is -2.96. The Morgan fingerprint density at radius 3 is 2.77 bits per heavy atom. The first kappa shape index (κ1) is 14.0. The normalized spacial score (nSPS) is 12.1. The number of aromatic nitrogens is 4. The van der Waals surface area contributed by atoms with E-state index in [1.807, 2.05) is 37.3 Å². The zero-order chi connectivity index (χ0) is 15.5. The zero-order valence-corrected chi connectivity index (χ0v) is 11.8. The number of amides is 1. The van der Waals surface area contributed by atoms with Crippen LogP contribution >= 0.6 is 0 Å². The third kappa shape index (κ3) is 2.73. The topological polar surface area (TPSA) is 75.6 Å².